The van der Waals surface area contributed by atoms with Gasteiger partial charge in [0.25, 0.3) is 0 Å². The summed E-state index contributed by atoms with van der Waals surface area (Å²) in [5, 5.41) is 0. The van der Waals surface area contributed by atoms with Crippen LogP contribution in [0.3, 0.4) is 0 Å². The van der Waals surface area contributed by atoms with Gasteiger partial charge >= 0.3 is 17.9 Å². The summed E-state index contributed by atoms with van der Waals surface area (Å²) < 4.78 is 16.9. The Morgan fingerprint density at radius 2 is 0.534 bits per heavy atom. The van der Waals surface area contributed by atoms with Gasteiger partial charge in [-0.1, -0.05) is 273 Å². The molecule has 6 heteroatoms. The van der Waals surface area contributed by atoms with Crippen molar-refractivity contribution < 1.29 is 28.6 Å². The van der Waals surface area contributed by atoms with Crippen molar-refractivity contribution in [3.05, 3.63) is 85.1 Å². The standard InChI is InChI=1S/C67H116O6/c1-4-7-10-13-16-19-22-25-27-28-29-30-31-32-33-34-35-36-37-38-39-40-41-43-45-48-51-54-57-60-66(69)72-63-64(62-71-65(68)59-56-53-50-47-44-24-21-18-15-12-9-6-3)73-67(70)61-58-55-52-49-46-42-26-23-20-17-14-11-8-5-2/h7,10,16,19,23,25-27,29-30,32-33,35-36,64H,4-6,8-9,11-15,17-18,20-22,24,28,31,34,37-63H2,1-3H3/b10-7-,19-16-,26-23-,27-25-,30-29-,33-32-,36-35-. The first-order valence-corrected chi connectivity index (χ1v) is 31.1. The monoisotopic (exact) mass is 1020 g/mol. The fourth-order valence-corrected chi connectivity index (χ4v) is 8.74. The topological polar surface area (TPSA) is 78.9 Å². The lowest BCUT2D eigenvalue weighted by Gasteiger charge is -2.18. The van der Waals surface area contributed by atoms with E-state index in [0.717, 1.165) is 109 Å². The van der Waals surface area contributed by atoms with Gasteiger partial charge < -0.3 is 14.2 Å². The van der Waals surface area contributed by atoms with Crippen molar-refractivity contribution in [1.82, 2.24) is 0 Å². The predicted molar refractivity (Wildman–Crippen MR) is 316 cm³/mol. The van der Waals surface area contributed by atoms with Crippen molar-refractivity contribution in [3.63, 3.8) is 0 Å². The molecular weight excluding hydrogens is 901 g/mol. The smallest absolute Gasteiger partial charge is 0.306 e. The lowest BCUT2D eigenvalue weighted by Crippen LogP contribution is -2.30. The average molecular weight is 1020 g/mol. The van der Waals surface area contributed by atoms with Gasteiger partial charge in [-0.05, 0) is 96.3 Å². The van der Waals surface area contributed by atoms with Gasteiger partial charge in [0, 0.05) is 19.3 Å². The predicted octanol–water partition coefficient (Wildman–Crippen LogP) is 21.1. The zero-order valence-corrected chi connectivity index (χ0v) is 48.1. The van der Waals surface area contributed by atoms with Crippen LogP contribution < -0.4 is 0 Å². The number of carbonyl (C=O) groups excluding carboxylic acids is 3. The van der Waals surface area contributed by atoms with E-state index in [1.165, 1.54) is 154 Å². The first-order valence-electron chi connectivity index (χ1n) is 31.1. The summed E-state index contributed by atoms with van der Waals surface area (Å²) in [7, 11) is 0. The second-order valence-corrected chi connectivity index (χ2v) is 20.6. The molecule has 0 bridgehead atoms. The zero-order chi connectivity index (χ0) is 52.9. The van der Waals surface area contributed by atoms with Crippen LogP contribution in [0.2, 0.25) is 0 Å². The molecule has 0 N–H and O–H groups in total. The molecule has 0 aromatic rings. The Hall–Kier alpha value is -3.41. The third-order valence-electron chi connectivity index (χ3n) is 13.4. The molecule has 0 radical (unpaired) electrons. The first-order chi connectivity index (χ1) is 36.0. The molecule has 0 aliphatic rings. The largest absolute Gasteiger partial charge is 0.462 e. The normalized spacial score (nSPS) is 12.6. The van der Waals surface area contributed by atoms with Crippen LogP contribution in [-0.2, 0) is 28.6 Å². The van der Waals surface area contributed by atoms with Crippen molar-refractivity contribution in [2.75, 3.05) is 13.2 Å². The Balaban J connectivity index is 4.24. The Labute approximate surface area is 452 Å². The second kappa shape index (κ2) is 61.1. The van der Waals surface area contributed by atoms with E-state index in [0.29, 0.717) is 19.3 Å². The Morgan fingerprint density at radius 3 is 0.849 bits per heavy atom. The van der Waals surface area contributed by atoms with Crippen molar-refractivity contribution in [3.8, 4) is 0 Å². The lowest BCUT2D eigenvalue weighted by atomic mass is 10.0. The molecule has 6 nitrogen and oxygen atoms in total. The number of allylic oxidation sites excluding steroid dienone is 14. The molecule has 73 heavy (non-hydrogen) atoms. The van der Waals surface area contributed by atoms with E-state index in [1.807, 2.05) is 0 Å². The highest BCUT2D eigenvalue weighted by Crippen LogP contribution is 2.16. The molecule has 1 unspecified atom stereocenters. The number of carbonyl (C=O) groups is 3. The highest BCUT2D eigenvalue weighted by Gasteiger charge is 2.19. The number of esters is 3. The maximum Gasteiger partial charge on any atom is 0.306 e. The molecule has 0 spiro atoms. The Morgan fingerprint density at radius 1 is 0.288 bits per heavy atom. The number of ether oxygens (including phenoxy) is 3. The van der Waals surface area contributed by atoms with Gasteiger partial charge in [0.05, 0.1) is 0 Å². The summed E-state index contributed by atoms with van der Waals surface area (Å²) >= 11 is 0. The fraction of sp³-hybridized carbons (Fsp3) is 0.746. The minimum Gasteiger partial charge on any atom is -0.462 e. The highest BCUT2D eigenvalue weighted by molar-refractivity contribution is 5.71. The summed E-state index contributed by atoms with van der Waals surface area (Å²) in [4.78, 5) is 38.2. The second-order valence-electron chi connectivity index (χ2n) is 20.6. The van der Waals surface area contributed by atoms with Gasteiger partial charge in [0.1, 0.15) is 13.2 Å². The van der Waals surface area contributed by atoms with Gasteiger partial charge in [-0.15, -0.1) is 0 Å². The molecule has 0 aromatic heterocycles. The van der Waals surface area contributed by atoms with E-state index >= 15 is 0 Å². The van der Waals surface area contributed by atoms with E-state index in [1.54, 1.807) is 0 Å². The van der Waals surface area contributed by atoms with E-state index in [2.05, 4.69) is 106 Å². The average Bonchev–Trinajstić information content (AvgIpc) is 3.39. The summed E-state index contributed by atoms with van der Waals surface area (Å²) in [5.41, 5.74) is 0. The summed E-state index contributed by atoms with van der Waals surface area (Å²) in [5.74, 6) is -0.881. The van der Waals surface area contributed by atoms with Crippen molar-refractivity contribution in [1.29, 1.82) is 0 Å². The molecule has 0 aliphatic carbocycles. The fourth-order valence-electron chi connectivity index (χ4n) is 8.74. The first kappa shape index (κ1) is 69.6. The van der Waals surface area contributed by atoms with E-state index < -0.39 is 6.10 Å². The third kappa shape index (κ3) is 59.3. The highest BCUT2D eigenvalue weighted by atomic mass is 16.6. The molecule has 0 amide bonds. The van der Waals surface area contributed by atoms with Crippen LogP contribution in [0.5, 0.6) is 0 Å². The van der Waals surface area contributed by atoms with Crippen molar-refractivity contribution in [2.45, 2.75) is 309 Å². The quantitative estimate of drug-likeness (QED) is 0.0261. The minimum absolute atomic E-state index is 0.0775. The van der Waals surface area contributed by atoms with Crippen LogP contribution in [0.1, 0.15) is 303 Å². The van der Waals surface area contributed by atoms with Crippen LogP contribution in [0, 0.1) is 0 Å². The minimum atomic E-state index is -0.780. The van der Waals surface area contributed by atoms with Crippen LogP contribution in [0.4, 0.5) is 0 Å². The SMILES string of the molecule is CC/C=C\C/C=C\C/C=C\C/C=C\C/C=C\C/C=C\CCCCCCCCCCCCC(=O)OCC(COC(=O)CCCCCCCCCCCCCC)OC(=O)CCCCCCC/C=C\CCCCCCC. The van der Waals surface area contributed by atoms with Crippen LogP contribution in [0.25, 0.3) is 0 Å². The van der Waals surface area contributed by atoms with Gasteiger partial charge in [0.15, 0.2) is 6.10 Å². The van der Waals surface area contributed by atoms with E-state index in [4.69, 9.17) is 14.2 Å². The summed E-state index contributed by atoms with van der Waals surface area (Å²) in [6.07, 6.45) is 80.1. The molecular formula is C67H116O6. The molecule has 0 aliphatic heterocycles. The summed E-state index contributed by atoms with van der Waals surface area (Å²) in [6, 6.07) is 0. The van der Waals surface area contributed by atoms with E-state index in [9.17, 15) is 14.4 Å². The third-order valence-corrected chi connectivity index (χ3v) is 13.4. The van der Waals surface area contributed by atoms with Crippen LogP contribution >= 0.6 is 0 Å². The van der Waals surface area contributed by atoms with Gasteiger partial charge in [-0.25, -0.2) is 0 Å². The molecule has 0 rings (SSSR count). The van der Waals surface area contributed by atoms with Crippen molar-refractivity contribution in [2.24, 2.45) is 0 Å². The molecule has 0 saturated carbocycles. The molecule has 0 fully saturated rings. The number of hydrogen-bond acceptors (Lipinski definition) is 6. The lowest BCUT2D eigenvalue weighted by molar-refractivity contribution is -0.167. The molecule has 420 valence electrons. The Kier molecular flexibility index (Phi) is 58.3. The number of unbranched alkanes of at least 4 members (excludes halogenated alkanes) is 31. The molecule has 0 saturated heterocycles. The van der Waals surface area contributed by atoms with Gasteiger partial charge in [0.2, 0.25) is 0 Å². The zero-order valence-electron chi connectivity index (χ0n) is 48.1. The maximum atomic E-state index is 12.8. The maximum absolute atomic E-state index is 12.8. The molecule has 0 heterocycles. The number of hydrogen-bond donors (Lipinski definition) is 0. The van der Waals surface area contributed by atoms with Crippen molar-refractivity contribution >= 4 is 17.9 Å². The van der Waals surface area contributed by atoms with E-state index in [-0.39, 0.29) is 31.1 Å². The van der Waals surface area contributed by atoms with Gasteiger partial charge in [-0.2, -0.15) is 0 Å². The molecule has 1 atom stereocenters. The van der Waals surface area contributed by atoms with Crippen LogP contribution in [-0.4, -0.2) is 37.2 Å². The van der Waals surface area contributed by atoms with Gasteiger partial charge in [-0.3, -0.25) is 14.4 Å². The summed E-state index contributed by atoms with van der Waals surface area (Å²) in [6.45, 7) is 6.53. The van der Waals surface area contributed by atoms with Crippen LogP contribution in [0.15, 0.2) is 85.1 Å². The number of rotatable bonds is 56. The Bertz CT molecular complexity index is 1400. The molecule has 0 aromatic carbocycles.